The fourth-order valence-electron chi connectivity index (χ4n) is 2.72. The molecule has 0 spiro atoms. The third-order valence-electron chi connectivity index (χ3n) is 4.16. The van der Waals surface area contributed by atoms with Gasteiger partial charge in [0, 0.05) is 0 Å². The lowest BCUT2D eigenvalue weighted by atomic mass is 10.1. The molecule has 1 fully saturated rings. The molecule has 1 saturated heterocycles. The van der Waals surface area contributed by atoms with Crippen LogP contribution in [0.5, 0.6) is 0 Å². The number of hydrogen-bond donors (Lipinski definition) is 0. The summed E-state index contributed by atoms with van der Waals surface area (Å²) in [5.74, 6) is 2.70. The summed E-state index contributed by atoms with van der Waals surface area (Å²) in [5, 5.41) is 0. The molecule has 0 saturated carbocycles. The molecule has 22 heavy (non-hydrogen) atoms. The number of unbranched alkanes of at least 4 members (excludes halogenated alkanes) is 6. The zero-order chi connectivity index (χ0) is 15.9. The predicted octanol–water partition coefficient (Wildman–Crippen LogP) is 7.61. The average Bonchev–Trinajstić information content (AvgIpc) is 2.55. The Morgan fingerprint density at radius 1 is 0.727 bits per heavy atom. The fourth-order valence-corrected chi connectivity index (χ4v) is 5.92. The molecule has 0 nitrogen and oxygen atoms in total. The van der Waals surface area contributed by atoms with Crippen molar-refractivity contribution in [2.45, 2.75) is 88.6 Å². The van der Waals surface area contributed by atoms with Gasteiger partial charge in [0.15, 0.2) is 0 Å². The lowest BCUT2D eigenvalue weighted by Gasteiger charge is -2.34. The van der Waals surface area contributed by atoms with Gasteiger partial charge in [-0.15, -0.1) is 23.5 Å². The molecule has 0 atom stereocenters. The summed E-state index contributed by atoms with van der Waals surface area (Å²) in [7, 11) is 0. The van der Waals surface area contributed by atoms with Gasteiger partial charge >= 0.3 is 0 Å². The molecule has 1 aliphatic rings. The van der Waals surface area contributed by atoms with Crippen LogP contribution >= 0.6 is 23.5 Å². The Labute approximate surface area is 148 Å². The van der Waals surface area contributed by atoms with E-state index in [9.17, 15) is 0 Å². The van der Waals surface area contributed by atoms with Gasteiger partial charge in [-0.2, -0.15) is 0 Å². The summed E-state index contributed by atoms with van der Waals surface area (Å²) in [6.45, 7) is 4.56. The lowest BCUT2D eigenvalue weighted by molar-refractivity contribution is 0.723. The first-order chi connectivity index (χ1) is 10.8. The molecule has 1 rings (SSSR count). The lowest BCUT2D eigenvalue weighted by Crippen LogP contribution is -2.23. The third-order valence-corrected chi connectivity index (χ3v) is 7.57. The SMILES string of the molecule is CCCCC/C=C/CC1(C/C=C/CCCCC)SCCCS1. The van der Waals surface area contributed by atoms with Gasteiger partial charge in [0.2, 0.25) is 0 Å². The normalized spacial score (nSPS) is 18.5. The minimum absolute atomic E-state index is 0.431. The summed E-state index contributed by atoms with van der Waals surface area (Å²) >= 11 is 4.42. The number of allylic oxidation sites excluding steroid dienone is 4. The van der Waals surface area contributed by atoms with Gasteiger partial charge in [-0.25, -0.2) is 0 Å². The smallest absolute Gasteiger partial charge is 0.0679 e. The maximum atomic E-state index is 2.46. The van der Waals surface area contributed by atoms with E-state index in [1.807, 2.05) is 0 Å². The third kappa shape index (κ3) is 9.35. The van der Waals surface area contributed by atoms with Gasteiger partial charge in [0.1, 0.15) is 0 Å². The van der Waals surface area contributed by atoms with Gasteiger partial charge in [0.25, 0.3) is 0 Å². The molecule has 0 unspecified atom stereocenters. The minimum Gasteiger partial charge on any atom is -0.144 e. The topological polar surface area (TPSA) is 0 Å². The maximum absolute atomic E-state index is 2.46. The number of rotatable bonds is 12. The van der Waals surface area contributed by atoms with Crippen LogP contribution in [0.2, 0.25) is 0 Å². The van der Waals surface area contributed by atoms with Crippen LogP contribution < -0.4 is 0 Å². The van der Waals surface area contributed by atoms with Crippen molar-refractivity contribution in [1.29, 1.82) is 0 Å². The van der Waals surface area contributed by atoms with E-state index in [-0.39, 0.29) is 0 Å². The van der Waals surface area contributed by atoms with Crippen LogP contribution in [0.15, 0.2) is 24.3 Å². The molecule has 1 aliphatic heterocycles. The van der Waals surface area contributed by atoms with E-state index in [2.05, 4.69) is 61.7 Å². The Morgan fingerprint density at radius 2 is 1.23 bits per heavy atom. The molecule has 0 bridgehead atoms. The van der Waals surface area contributed by atoms with E-state index >= 15 is 0 Å². The molecule has 0 N–H and O–H groups in total. The van der Waals surface area contributed by atoms with Crippen molar-refractivity contribution in [2.75, 3.05) is 11.5 Å². The molecular formula is C20H36S2. The summed E-state index contributed by atoms with van der Waals surface area (Å²) in [4.78, 5) is 0. The minimum atomic E-state index is 0.431. The van der Waals surface area contributed by atoms with Crippen molar-refractivity contribution < 1.29 is 0 Å². The first-order valence-corrected chi connectivity index (χ1v) is 11.4. The summed E-state index contributed by atoms with van der Waals surface area (Å²) in [6.07, 6.45) is 24.3. The van der Waals surface area contributed by atoms with Crippen molar-refractivity contribution in [3.05, 3.63) is 24.3 Å². The second-order valence-corrected chi connectivity index (χ2v) is 9.52. The van der Waals surface area contributed by atoms with E-state index in [1.165, 1.54) is 82.1 Å². The Kier molecular flexibility index (Phi) is 12.5. The maximum Gasteiger partial charge on any atom is 0.0679 e. The second kappa shape index (κ2) is 13.6. The van der Waals surface area contributed by atoms with Gasteiger partial charge in [0.05, 0.1) is 4.08 Å². The standard InChI is InChI=1S/C20H36S2/c1-3-5-7-9-11-13-16-20(21-18-15-19-22-20)17-14-12-10-8-6-4-2/h11-14H,3-10,15-19H2,1-2H3/b13-11+,14-12+. The van der Waals surface area contributed by atoms with Crippen molar-refractivity contribution in [1.82, 2.24) is 0 Å². The monoisotopic (exact) mass is 340 g/mol. The second-order valence-electron chi connectivity index (χ2n) is 6.30. The highest BCUT2D eigenvalue weighted by atomic mass is 32.2. The highest BCUT2D eigenvalue weighted by Crippen LogP contribution is 2.47. The summed E-state index contributed by atoms with van der Waals surface area (Å²) < 4.78 is 0.431. The zero-order valence-corrected chi connectivity index (χ0v) is 16.5. The van der Waals surface area contributed by atoms with Crippen molar-refractivity contribution in [2.24, 2.45) is 0 Å². The molecule has 0 aromatic heterocycles. The van der Waals surface area contributed by atoms with Crippen LogP contribution in [-0.2, 0) is 0 Å². The number of hydrogen-bond acceptors (Lipinski definition) is 2. The van der Waals surface area contributed by atoms with Crippen molar-refractivity contribution in [3.63, 3.8) is 0 Å². The van der Waals surface area contributed by atoms with Crippen LogP contribution in [0, 0.1) is 0 Å². The van der Waals surface area contributed by atoms with Crippen LogP contribution in [0.3, 0.4) is 0 Å². The van der Waals surface area contributed by atoms with Crippen LogP contribution in [0.1, 0.15) is 84.5 Å². The molecule has 0 amide bonds. The Hall–Kier alpha value is 0.180. The average molecular weight is 341 g/mol. The molecule has 0 aliphatic carbocycles. The van der Waals surface area contributed by atoms with E-state index in [0.29, 0.717) is 4.08 Å². The van der Waals surface area contributed by atoms with Crippen LogP contribution in [0.4, 0.5) is 0 Å². The molecular weight excluding hydrogens is 304 g/mol. The predicted molar refractivity (Wildman–Crippen MR) is 108 cm³/mol. The van der Waals surface area contributed by atoms with Gasteiger partial charge in [-0.1, -0.05) is 63.8 Å². The fraction of sp³-hybridized carbons (Fsp3) is 0.800. The van der Waals surface area contributed by atoms with Crippen LogP contribution in [-0.4, -0.2) is 15.6 Å². The number of thioether (sulfide) groups is 2. The molecule has 0 radical (unpaired) electrons. The molecule has 0 aromatic rings. The van der Waals surface area contributed by atoms with Crippen molar-refractivity contribution in [3.8, 4) is 0 Å². The zero-order valence-electron chi connectivity index (χ0n) is 14.8. The largest absolute Gasteiger partial charge is 0.144 e. The van der Waals surface area contributed by atoms with Gasteiger partial charge < -0.3 is 0 Å². The molecule has 2 heteroatoms. The summed E-state index contributed by atoms with van der Waals surface area (Å²) in [5.41, 5.74) is 0. The Balaban J connectivity index is 2.34. The highest BCUT2D eigenvalue weighted by Gasteiger charge is 2.31. The first kappa shape index (κ1) is 20.2. The molecule has 128 valence electrons. The van der Waals surface area contributed by atoms with E-state index < -0.39 is 0 Å². The van der Waals surface area contributed by atoms with E-state index in [0.717, 1.165) is 0 Å². The van der Waals surface area contributed by atoms with Crippen molar-refractivity contribution >= 4 is 23.5 Å². The van der Waals surface area contributed by atoms with E-state index in [1.54, 1.807) is 0 Å². The highest BCUT2D eigenvalue weighted by molar-refractivity contribution is 8.18. The molecule has 0 aromatic carbocycles. The Bertz CT molecular complexity index is 277. The Morgan fingerprint density at radius 3 is 1.68 bits per heavy atom. The molecule has 1 heterocycles. The van der Waals surface area contributed by atoms with Gasteiger partial charge in [-0.05, 0) is 56.5 Å². The van der Waals surface area contributed by atoms with Crippen LogP contribution in [0.25, 0.3) is 0 Å². The first-order valence-electron chi connectivity index (χ1n) is 9.41. The van der Waals surface area contributed by atoms with E-state index in [4.69, 9.17) is 0 Å². The van der Waals surface area contributed by atoms with Gasteiger partial charge in [-0.3, -0.25) is 0 Å². The quantitative estimate of drug-likeness (QED) is 0.265. The summed E-state index contributed by atoms with van der Waals surface area (Å²) in [6, 6.07) is 0.